The largest absolute Gasteiger partial charge is 0.320 e. The molecule has 1 saturated heterocycles. The summed E-state index contributed by atoms with van der Waals surface area (Å²) < 4.78 is 0. The first-order valence-corrected chi connectivity index (χ1v) is 10.8. The van der Waals surface area contributed by atoms with Gasteiger partial charge in [-0.05, 0) is 63.7 Å². The van der Waals surface area contributed by atoms with Crippen LogP contribution in [0, 0.1) is 0 Å². The third-order valence-electron chi connectivity index (χ3n) is 6.29. The number of fused-ring (bicyclic) bond motifs is 2. The van der Waals surface area contributed by atoms with E-state index in [1.165, 1.54) is 12.8 Å². The topological polar surface area (TPSA) is 55.9 Å². The molecule has 1 fully saturated rings. The summed E-state index contributed by atoms with van der Waals surface area (Å²) in [7, 11) is 2.19. The van der Waals surface area contributed by atoms with Gasteiger partial charge in [0, 0.05) is 12.6 Å². The van der Waals surface area contributed by atoms with E-state index < -0.39 is 0 Å². The number of carbonyl (C=O) groups excluding carboxylic acids is 2. The van der Waals surface area contributed by atoms with E-state index in [1.807, 2.05) is 42.5 Å². The Labute approximate surface area is 178 Å². The molecule has 2 amide bonds. The number of likely N-dealkylation sites (tertiary alicyclic amines) is 1. The average Bonchev–Trinajstić information content (AvgIpc) is 3.11. The van der Waals surface area contributed by atoms with Crippen molar-refractivity contribution in [2.24, 2.45) is 0 Å². The molecule has 2 heterocycles. The van der Waals surface area contributed by atoms with Crippen LogP contribution in [0.3, 0.4) is 0 Å². The Morgan fingerprint density at radius 3 is 2.60 bits per heavy atom. The predicted molar refractivity (Wildman–Crippen MR) is 120 cm³/mol. The van der Waals surface area contributed by atoms with Crippen LogP contribution in [-0.2, 0) is 4.79 Å². The SMILES string of the molecule is CCN(CCC1CCCN1C)CC(=O)N1c2ccccc2NC(=O)c2ccccc21. The molecule has 0 bridgehead atoms. The summed E-state index contributed by atoms with van der Waals surface area (Å²) >= 11 is 0. The lowest BCUT2D eigenvalue weighted by Gasteiger charge is -2.29. The molecule has 1 N–H and O–H groups in total. The zero-order valence-electron chi connectivity index (χ0n) is 17.8. The number of hydrogen-bond acceptors (Lipinski definition) is 4. The van der Waals surface area contributed by atoms with E-state index in [1.54, 1.807) is 11.0 Å². The first-order chi connectivity index (χ1) is 14.6. The van der Waals surface area contributed by atoms with Crippen LogP contribution in [0.1, 0.15) is 36.5 Å². The summed E-state index contributed by atoms with van der Waals surface area (Å²) in [6.07, 6.45) is 3.57. The van der Waals surface area contributed by atoms with Crippen molar-refractivity contribution in [2.45, 2.75) is 32.2 Å². The van der Waals surface area contributed by atoms with Crippen molar-refractivity contribution in [1.82, 2.24) is 9.80 Å². The fraction of sp³-hybridized carbons (Fsp3) is 0.417. The molecule has 2 aliphatic heterocycles. The molecule has 0 radical (unpaired) electrons. The van der Waals surface area contributed by atoms with E-state index in [4.69, 9.17) is 0 Å². The highest BCUT2D eigenvalue weighted by Gasteiger charge is 2.30. The molecule has 6 heteroatoms. The lowest BCUT2D eigenvalue weighted by atomic mass is 10.1. The molecule has 0 aromatic heterocycles. The molecule has 0 saturated carbocycles. The van der Waals surface area contributed by atoms with Crippen molar-refractivity contribution >= 4 is 28.9 Å². The van der Waals surface area contributed by atoms with Gasteiger partial charge in [0.2, 0.25) is 5.91 Å². The zero-order chi connectivity index (χ0) is 21.1. The Morgan fingerprint density at radius 2 is 1.87 bits per heavy atom. The molecule has 4 rings (SSSR count). The molecular formula is C24H30N4O2. The smallest absolute Gasteiger partial charge is 0.257 e. The second-order valence-corrected chi connectivity index (χ2v) is 8.15. The number of amides is 2. The Kier molecular flexibility index (Phi) is 6.16. The summed E-state index contributed by atoms with van der Waals surface area (Å²) in [6.45, 7) is 5.30. The quantitative estimate of drug-likeness (QED) is 0.794. The maximum absolute atomic E-state index is 13.5. The maximum Gasteiger partial charge on any atom is 0.257 e. The summed E-state index contributed by atoms with van der Waals surface area (Å²) in [5.41, 5.74) is 2.52. The number of anilines is 3. The normalized spacial score (nSPS) is 18.7. The number of para-hydroxylation sites is 3. The van der Waals surface area contributed by atoms with Gasteiger partial charge in [0.1, 0.15) is 0 Å². The van der Waals surface area contributed by atoms with Gasteiger partial charge in [-0.1, -0.05) is 31.2 Å². The molecule has 1 atom stereocenters. The van der Waals surface area contributed by atoms with Crippen molar-refractivity contribution in [1.29, 1.82) is 0 Å². The minimum absolute atomic E-state index is 0.0203. The van der Waals surface area contributed by atoms with Crippen molar-refractivity contribution in [3.8, 4) is 0 Å². The molecule has 2 aromatic rings. The van der Waals surface area contributed by atoms with Gasteiger partial charge in [-0.2, -0.15) is 0 Å². The Morgan fingerprint density at radius 1 is 1.13 bits per heavy atom. The summed E-state index contributed by atoms with van der Waals surface area (Å²) in [4.78, 5) is 32.6. The van der Waals surface area contributed by atoms with Gasteiger partial charge in [0.15, 0.2) is 0 Å². The van der Waals surface area contributed by atoms with Crippen LogP contribution in [0.5, 0.6) is 0 Å². The van der Waals surface area contributed by atoms with E-state index in [0.29, 0.717) is 35.2 Å². The third-order valence-corrected chi connectivity index (χ3v) is 6.29. The summed E-state index contributed by atoms with van der Waals surface area (Å²) in [6, 6.07) is 15.4. The predicted octanol–water partition coefficient (Wildman–Crippen LogP) is 3.72. The van der Waals surface area contributed by atoms with Crippen LogP contribution < -0.4 is 10.2 Å². The number of likely N-dealkylation sites (N-methyl/N-ethyl adjacent to an activating group) is 1. The van der Waals surface area contributed by atoms with Crippen LogP contribution in [0.2, 0.25) is 0 Å². The fourth-order valence-electron chi connectivity index (χ4n) is 4.51. The number of benzene rings is 2. The van der Waals surface area contributed by atoms with E-state index >= 15 is 0 Å². The van der Waals surface area contributed by atoms with Crippen molar-refractivity contribution < 1.29 is 9.59 Å². The zero-order valence-corrected chi connectivity index (χ0v) is 17.8. The molecule has 158 valence electrons. The van der Waals surface area contributed by atoms with Gasteiger partial charge in [-0.25, -0.2) is 0 Å². The highest BCUT2D eigenvalue weighted by Crippen LogP contribution is 2.37. The summed E-state index contributed by atoms with van der Waals surface area (Å²) in [5, 5.41) is 2.95. The standard InChI is InChI=1S/C24H30N4O2/c1-3-27(16-14-18-9-8-15-26(18)2)17-23(29)28-21-12-6-4-10-19(21)24(30)25-20-11-5-7-13-22(20)28/h4-7,10-13,18H,3,8-9,14-17H2,1-2H3,(H,25,30). The Bertz CT molecular complexity index is 929. The van der Waals surface area contributed by atoms with Crippen molar-refractivity contribution in [3.63, 3.8) is 0 Å². The van der Waals surface area contributed by atoms with Crippen LogP contribution in [0.4, 0.5) is 17.1 Å². The van der Waals surface area contributed by atoms with Crippen LogP contribution >= 0.6 is 0 Å². The van der Waals surface area contributed by atoms with Gasteiger partial charge in [0.25, 0.3) is 5.91 Å². The second kappa shape index (κ2) is 8.98. The first-order valence-electron chi connectivity index (χ1n) is 10.8. The number of rotatable bonds is 6. The summed E-state index contributed by atoms with van der Waals surface area (Å²) in [5.74, 6) is -0.210. The van der Waals surface area contributed by atoms with Gasteiger partial charge < -0.3 is 10.2 Å². The number of hydrogen-bond donors (Lipinski definition) is 1. The Balaban J connectivity index is 1.58. The molecule has 6 nitrogen and oxygen atoms in total. The number of nitrogens with zero attached hydrogens (tertiary/aromatic N) is 3. The lowest BCUT2D eigenvalue weighted by molar-refractivity contribution is -0.119. The third kappa shape index (κ3) is 4.11. The maximum atomic E-state index is 13.5. The molecule has 2 aliphatic rings. The fourth-order valence-corrected chi connectivity index (χ4v) is 4.51. The van der Waals surface area contributed by atoms with Crippen molar-refractivity contribution in [2.75, 3.05) is 43.4 Å². The van der Waals surface area contributed by atoms with Gasteiger partial charge in [-0.15, -0.1) is 0 Å². The van der Waals surface area contributed by atoms with Crippen molar-refractivity contribution in [3.05, 3.63) is 54.1 Å². The van der Waals surface area contributed by atoms with E-state index in [0.717, 1.165) is 26.1 Å². The molecule has 2 aromatic carbocycles. The lowest BCUT2D eigenvalue weighted by Crippen LogP contribution is -2.40. The molecule has 30 heavy (non-hydrogen) atoms. The molecule has 0 spiro atoms. The molecule has 1 unspecified atom stereocenters. The van der Waals surface area contributed by atoms with Crippen LogP contribution in [0.15, 0.2) is 48.5 Å². The van der Waals surface area contributed by atoms with E-state index in [-0.39, 0.29) is 11.8 Å². The second-order valence-electron chi connectivity index (χ2n) is 8.15. The minimum atomic E-state index is -0.190. The molecular weight excluding hydrogens is 376 g/mol. The highest BCUT2D eigenvalue weighted by molar-refractivity contribution is 6.17. The van der Waals surface area contributed by atoms with E-state index in [2.05, 4.69) is 29.1 Å². The van der Waals surface area contributed by atoms with E-state index in [9.17, 15) is 9.59 Å². The van der Waals surface area contributed by atoms with Crippen LogP contribution in [0.25, 0.3) is 0 Å². The van der Waals surface area contributed by atoms with Gasteiger partial charge in [-0.3, -0.25) is 19.4 Å². The van der Waals surface area contributed by atoms with Gasteiger partial charge in [0.05, 0.1) is 29.2 Å². The Hall–Kier alpha value is -2.70. The average molecular weight is 407 g/mol. The number of nitrogens with one attached hydrogen (secondary N) is 1. The van der Waals surface area contributed by atoms with Gasteiger partial charge >= 0.3 is 0 Å². The number of carbonyl (C=O) groups is 2. The monoisotopic (exact) mass is 406 g/mol. The van der Waals surface area contributed by atoms with Crippen LogP contribution in [-0.4, -0.2) is 60.9 Å². The highest BCUT2D eigenvalue weighted by atomic mass is 16.2. The molecule has 0 aliphatic carbocycles. The minimum Gasteiger partial charge on any atom is -0.320 e. The first kappa shape index (κ1) is 20.6.